The van der Waals surface area contributed by atoms with Gasteiger partial charge in [0.25, 0.3) is 0 Å². The molecule has 0 aliphatic heterocycles. The molecule has 21 heavy (non-hydrogen) atoms. The summed E-state index contributed by atoms with van der Waals surface area (Å²) in [6, 6.07) is 11.6. The lowest BCUT2D eigenvalue weighted by molar-refractivity contribution is -0.149. The van der Waals surface area contributed by atoms with Gasteiger partial charge < -0.3 is 10.8 Å². The second-order valence-electron chi connectivity index (χ2n) is 5.70. The van der Waals surface area contributed by atoms with E-state index in [4.69, 9.17) is 5.73 Å². The summed E-state index contributed by atoms with van der Waals surface area (Å²) in [5.74, 6) is -0.622. The number of carbonyl (C=O) groups is 1. The van der Waals surface area contributed by atoms with Gasteiger partial charge in [0.1, 0.15) is 0 Å². The van der Waals surface area contributed by atoms with Crippen molar-refractivity contribution in [1.29, 1.82) is 0 Å². The van der Waals surface area contributed by atoms with Crippen molar-refractivity contribution in [2.75, 3.05) is 6.54 Å². The maximum atomic E-state index is 11.7. The summed E-state index contributed by atoms with van der Waals surface area (Å²) < 4.78 is 1.77. The number of aromatic nitrogens is 2. The molecule has 1 atom stereocenters. The first-order chi connectivity index (χ1) is 10.2. The number of hydrogen-bond donors (Lipinski definition) is 2. The Bertz CT molecular complexity index is 634. The number of hydrogen-bond acceptors (Lipinski definition) is 3. The minimum Gasteiger partial charge on any atom is -0.481 e. The van der Waals surface area contributed by atoms with Crippen molar-refractivity contribution in [3.8, 4) is 5.69 Å². The van der Waals surface area contributed by atoms with Gasteiger partial charge in [-0.1, -0.05) is 18.2 Å². The SMILES string of the molecule is NCC(Cc1ccn(-c2ccccc2)n1)(C(=O)O)C1CC1. The van der Waals surface area contributed by atoms with Crippen LogP contribution in [0.25, 0.3) is 5.69 Å². The third-order valence-electron chi connectivity index (χ3n) is 4.31. The van der Waals surface area contributed by atoms with E-state index in [2.05, 4.69) is 5.10 Å². The Morgan fingerprint density at radius 1 is 1.33 bits per heavy atom. The normalized spacial score (nSPS) is 17.4. The zero-order chi connectivity index (χ0) is 14.9. The number of aliphatic carboxylic acids is 1. The lowest BCUT2D eigenvalue weighted by atomic mass is 9.78. The number of para-hydroxylation sites is 1. The highest BCUT2D eigenvalue weighted by atomic mass is 16.4. The molecule has 1 aliphatic carbocycles. The Morgan fingerprint density at radius 2 is 2.05 bits per heavy atom. The smallest absolute Gasteiger partial charge is 0.311 e. The van der Waals surface area contributed by atoms with Crippen LogP contribution < -0.4 is 5.73 Å². The number of nitrogens with zero attached hydrogens (tertiary/aromatic N) is 2. The number of rotatable bonds is 6. The average molecular weight is 285 g/mol. The first kappa shape index (κ1) is 13.8. The fourth-order valence-corrected chi connectivity index (χ4v) is 2.86. The van der Waals surface area contributed by atoms with Gasteiger partial charge in [0.2, 0.25) is 0 Å². The Morgan fingerprint density at radius 3 is 2.62 bits per heavy atom. The molecule has 3 N–H and O–H groups in total. The van der Waals surface area contributed by atoms with Crippen molar-refractivity contribution in [2.24, 2.45) is 17.1 Å². The maximum absolute atomic E-state index is 11.7. The lowest BCUT2D eigenvalue weighted by Gasteiger charge is -2.26. The summed E-state index contributed by atoms with van der Waals surface area (Å²) in [5.41, 5.74) is 6.67. The fourth-order valence-electron chi connectivity index (χ4n) is 2.86. The van der Waals surface area contributed by atoms with E-state index in [1.165, 1.54) is 0 Å². The van der Waals surface area contributed by atoms with Gasteiger partial charge in [-0.05, 0) is 37.0 Å². The molecule has 1 aromatic carbocycles. The van der Waals surface area contributed by atoms with E-state index in [0.717, 1.165) is 24.2 Å². The molecule has 5 heteroatoms. The molecular weight excluding hydrogens is 266 g/mol. The average Bonchev–Trinajstić information content (AvgIpc) is 3.25. The maximum Gasteiger partial charge on any atom is 0.311 e. The summed E-state index contributed by atoms with van der Waals surface area (Å²) in [4.78, 5) is 11.7. The second kappa shape index (κ2) is 5.33. The number of carboxylic acids is 1. The molecule has 110 valence electrons. The van der Waals surface area contributed by atoms with Crippen molar-refractivity contribution in [1.82, 2.24) is 9.78 Å². The summed E-state index contributed by atoms with van der Waals surface area (Å²) >= 11 is 0. The van der Waals surface area contributed by atoms with Crippen LogP contribution in [-0.4, -0.2) is 27.4 Å². The summed E-state index contributed by atoms with van der Waals surface area (Å²) in [5, 5.41) is 14.1. The van der Waals surface area contributed by atoms with E-state index >= 15 is 0 Å². The fraction of sp³-hybridized carbons (Fsp3) is 0.375. The van der Waals surface area contributed by atoms with Crippen molar-refractivity contribution in [3.05, 3.63) is 48.3 Å². The Kier molecular flexibility index (Phi) is 3.51. The number of nitrogens with two attached hydrogens (primary N) is 1. The van der Waals surface area contributed by atoms with Crippen molar-refractivity contribution in [2.45, 2.75) is 19.3 Å². The highest BCUT2D eigenvalue weighted by Gasteiger charge is 2.50. The molecule has 1 unspecified atom stereocenters. The van der Waals surface area contributed by atoms with Gasteiger partial charge in [0.15, 0.2) is 0 Å². The van der Waals surface area contributed by atoms with Gasteiger partial charge in [0.05, 0.1) is 16.8 Å². The summed E-state index contributed by atoms with van der Waals surface area (Å²) in [6.07, 6.45) is 4.15. The monoisotopic (exact) mass is 285 g/mol. The van der Waals surface area contributed by atoms with Crippen LogP contribution >= 0.6 is 0 Å². The molecule has 0 amide bonds. The summed E-state index contributed by atoms with van der Waals surface area (Å²) in [6.45, 7) is 0.158. The third kappa shape index (κ3) is 2.56. The van der Waals surface area contributed by atoms with Gasteiger partial charge in [-0.2, -0.15) is 5.10 Å². The molecule has 1 aromatic heterocycles. The number of benzene rings is 1. The van der Waals surface area contributed by atoms with Crippen molar-refractivity contribution < 1.29 is 9.90 Å². The van der Waals surface area contributed by atoms with Crippen LogP contribution in [0.2, 0.25) is 0 Å². The largest absolute Gasteiger partial charge is 0.481 e. The first-order valence-electron chi connectivity index (χ1n) is 7.19. The predicted octanol–water partition coefficient (Wildman–Crippen LogP) is 1.85. The minimum absolute atomic E-state index is 0.158. The van der Waals surface area contributed by atoms with E-state index in [1.807, 2.05) is 42.6 Å². The summed E-state index contributed by atoms with van der Waals surface area (Å²) in [7, 11) is 0. The first-order valence-corrected chi connectivity index (χ1v) is 7.19. The van der Waals surface area contributed by atoms with Crippen LogP contribution in [-0.2, 0) is 11.2 Å². The standard InChI is InChI=1S/C16H19N3O2/c17-11-16(15(20)21,12-6-7-12)10-13-8-9-19(18-13)14-4-2-1-3-5-14/h1-5,8-9,12H,6-7,10-11,17H2,(H,20,21). The molecule has 1 fully saturated rings. The van der Waals surface area contributed by atoms with E-state index in [-0.39, 0.29) is 12.5 Å². The van der Waals surface area contributed by atoms with E-state index in [1.54, 1.807) is 4.68 Å². The zero-order valence-corrected chi connectivity index (χ0v) is 11.8. The van der Waals surface area contributed by atoms with Crippen LogP contribution in [0.3, 0.4) is 0 Å². The highest BCUT2D eigenvalue weighted by Crippen LogP contribution is 2.47. The van der Waals surface area contributed by atoms with E-state index in [0.29, 0.717) is 6.42 Å². The van der Waals surface area contributed by atoms with Crippen LogP contribution in [0, 0.1) is 11.3 Å². The molecule has 2 aromatic rings. The quantitative estimate of drug-likeness (QED) is 0.848. The molecular formula is C16H19N3O2. The Balaban J connectivity index is 1.85. The van der Waals surface area contributed by atoms with Crippen LogP contribution in [0.15, 0.2) is 42.6 Å². The van der Waals surface area contributed by atoms with Gasteiger partial charge in [-0.15, -0.1) is 0 Å². The Hall–Kier alpha value is -2.14. The lowest BCUT2D eigenvalue weighted by Crippen LogP contribution is -2.42. The Labute approximate surface area is 123 Å². The molecule has 1 saturated carbocycles. The molecule has 1 heterocycles. The van der Waals surface area contributed by atoms with Crippen LogP contribution in [0.4, 0.5) is 0 Å². The van der Waals surface area contributed by atoms with Crippen molar-refractivity contribution >= 4 is 5.97 Å². The number of carboxylic acid groups (broad SMARTS) is 1. The zero-order valence-electron chi connectivity index (χ0n) is 11.8. The van der Waals surface area contributed by atoms with E-state index in [9.17, 15) is 9.90 Å². The molecule has 1 aliphatic rings. The molecule has 0 bridgehead atoms. The molecule has 0 saturated heterocycles. The van der Waals surface area contributed by atoms with E-state index < -0.39 is 11.4 Å². The van der Waals surface area contributed by atoms with Gasteiger partial charge in [-0.3, -0.25) is 4.79 Å². The third-order valence-corrected chi connectivity index (χ3v) is 4.31. The predicted molar refractivity (Wildman–Crippen MR) is 79.1 cm³/mol. The molecule has 3 rings (SSSR count). The van der Waals surface area contributed by atoms with Crippen molar-refractivity contribution in [3.63, 3.8) is 0 Å². The molecule has 0 radical (unpaired) electrons. The highest BCUT2D eigenvalue weighted by molar-refractivity contribution is 5.76. The van der Waals surface area contributed by atoms with Gasteiger partial charge in [0, 0.05) is 19.2 Å². The minimum atomic E-state index is -0.865. The van der Waals surface area contributed by atoms with Gasteiger partial charge in [-0.25, -0.2) is 4.68 Å². The second-order valence-corrected chi connectivity index (χ2v) is 5.70. The van der Waals surface area contributed by atoms with Gasteiger partial charge >= 0.3 is 5.97 Å². The molecule has 5 nitrogen and oxygen atoms in total. The van der Waals surface area contributed by atoms with Crippen LogP contribution in [0.5, 0.6) is 0 Å². The molecule has 0 spiro atoms. The van der Waals surface area contributed by atoms with Crippen LogP contribution in [0.1, 0.15) is 18.5 Å². The topological polar surface area (TPSA) is 81.1 Å².